The highest BCUT2D eigenvalue weighted by Gasteiger charge is 2.28. The van der Waals surface area contributed by atoms with Crippen LogP contribution < -0.4 is 10.6 Å². The molecule has 0 aromatic heterocycles. The lowest BCUT2D eigenvalue weighted by Gasteiger charge is -2.25. The van der Waals surface area contributed by atoms with Gasteiger partial charge in [0.15, 0.2) is 0 Å². The Labute approximate surface area is 77.5 Å². The highest BCUT2D eigenvalue weighted by Crippen LogP contribution is 2.04. The average molecular weight is 188 g/mol. The minimum Gasteiger partial charge on any atom is -0.384 e. The van der Waals surface area contributed by atoms with Crippen LogP contribution in [0.1, 0.15) is 6.92 Å². The SMILES string of the molecule is CC(=O)NC[C@]1(O)CNCCOC1. The number of carbonyl (C=O) groups is 1. The number of carbonyl (C=O) groups excluding carboxylic acids is 1. The van der Waals surface area contributed by atoms with E-state index in [1.165, 1.54) is 6.92 Å². The van der Waals surface area contributed by atoms with Gasteiger partial charge in [0, 0.05) is 26.6 Å². The van der Waals surface area contributed by atoms with Gasteiger partial charge in [0.25, 0.3) is 0 Å². The van der Waals surface area contributed by atoms with Gasteiger partial charge in [-0.2, -0.15) is 0 Å². The Hall–Kier alpha value is -0.650. The largest absolute Gasteiger partial charge is 0.384 e. The summed E-state index contributed by atoms with van der Waals surface area (Å²) in [6.45, 7) is 3.71. The first-order valence-electron chi connectivity index (χ1n) is 4.38. The van der Waals surface area contributed by atoms with E-state index < -0.39 is 5.60 Å². The Morgan fingerprint density at radius 2 is 2.54 bits per heavy atom. The zero-order valence-corrected chi connectivity index (χ0v) is 7.80. The Morgan fingerprint density at radius 3 is 3.23 bits per heavy atom. The van der Waals surface area contributed by atoms with Crippen molar-refractivity contribution < 1.29 is 14.6 Å². The van der Waals surface area contributed by atoms with Gasteiger partial charge >= 0.3 is 0 Å². The molecule has 1 amide bonds. The predicted molar refractivity (Wildman–Crippen MR) is 47.3 cm³/mol. The summed E-state index contributed by atoms with van der Waals surface area (Å²) >= 11 is 0. The number of hydrogen-bond donors (Lipinski definition) is 3. The van der Waals surface area contributed by atoms with Gasteiger partial charge in [0.05, 0.1) is 13.2 Å². The molecule has 1 rings (SSSR count). The summed E-state index contributed by atoms with van der Waals surface area (Å²) in [5.74, 6) is -0.141. The van der Waals surface area contributed by atoms with E-state index in [9.17, 15) is 9.90 Å². The van der Waals surface area contributed by atoms with Crippen molar-refractivity contribution >= 4 is 5.91 Å². The monoisotopic (exact) mass is 188 g/mol. The first kappa shape index (κ1) is 10.4. The maximum absolute atomic E-state index is 10.6. The van der Waals surface area contributed by atoms with E-state index in [0.717, 1.165) is 6.54 Å². The normalized spacial score (nSPS) is 29.4. The highest BCUT2D eigenvalue weighted by molar-refractivity contribution is 5.72. The van der Waals surface area contributed by atoms with Crippen molar-refractivity contribution in [2.45, 2.75) is 12.5 Å². The summed E-state index contributed by atoms with van der Waals surface area (Å²) in [5, 5.41) is 15.5. The summed E-state index contributed by atoms with van der Waals surface area (Å²) in [7, 11) is 0. The molecule has 1 aliphatic rings. The van der Waals surface area contributed by atoms with Crippen LogP contribution in [0.15, 0.2) is 0 Å². The second-order valence-electron chi connectivity index (χ2n) is 3.36. The number of amides is 1. The van der Waals surface area contributed by atoms with Crippen LogP contribution in [-0.2, 0) is 9.53 Å². The van der Waals surface area contributed by atoms with E-state index in [2.05, 4.69) is 10.6 Å². The third kappa shape index (κ3) is 3.71. The fourth-order valence-corrected chi connectivity index (χ4v) is 1.18. The fourth-order valence-electron chi connectivity index (χ4n) is 1.18. The predicted octanol–water partition coefficient (Wildman–Crippen LogP) is -1.53. The molecular formula is C8H16N2O3. The molecule has 0 radical (unpaired) electrons. The van der Waals surface area contributed by atoms with Gasteiger partial charge < -0.3 is 20.5 Å². The van der Waals surface area contributed by atoms with Crippen LogP contribution in [0, 0.1) is 0 Å². The van der Waals surface area contributed by atoms with Crippen LogP contribution in [0.5, 0.6) is 0 Å². The van der Waals surface area contributed by atoms with Crippen LogP contribution in [0.3, 0.4) is 0 Å². The van der Waals surface area contributed by atoms with Crippen LogP contribution in [0.2, 0.25) is 0 Å². The standard InChI is InChI=1S/C8H16N2O3/c1-7(11)10-5-8(12)4-9-2-3-13-6-8/h9,12H,2-6H2,1H3,(H,10,11)/t8-/m1/s1. The molecule has 3 N–H and O–H groups in total. The van der Waals surface area contributed by atoms with E-state index in [1.807, 2.05) is 0 Å². The van der Waals surface area contributed by atoms with Crippen molar-refractivity contribution in [3.05, 3.63) is 0 Å². The van der Waals surface area contributed by atoms with Crippen molar-refractivity contribution in [1.29, 1.82) is 0 Å². The third-order valence-electron chi connectivity index (χ3n) is 1.91. The molecule has 5 nitrogen and oxygen atoms in total. The smallest absolute Gasteiger partial charge is 0.216 e. The quantitative estimate of drug-likeness (QED) is 0.492. The fraction of sp³-hybridized carbons (Fsp3) is 0.875. The molecule has 1 saturated heterocycles. The Bertz CT molecular complexity index is 176. The molecule has 13 heavy (non-hydrogen) atoms. The number of β-amino-alcohol motifs (C(OH)–C–C–N with tert-alkyl or cyclic N) is 1. The lowest BCUT2D eigenvalue weighted by atomic mass is 10.1. The van der Waals surface area contributed by atoms with Gasteiger partial charge in [-0.3, -0.25) is 4.79 Å². The summed E-state index contributed by atoms with van der Waals surface area (Å²) < 4.78 is 5.18. The summed E-state index contributed by atoms with van der Waals surface area (Å²) in [6, 6.07) is 0. The van der Waals surface area contributed by atoms with Gasteiger partial charge in [0.1, 0.15) is 5.60 Å². The molecular weight excluding hydrogens is 172 g/mol. The Kier molecular flexibility index (Phi) is 3.65. The maximum Gasteiger partial charge on any atom is 0.216 e. The van der Waals surface area contributed by atoms with Gasteiger partial charge in [-0.05, 0) is 0 Å². The Balaban J connectivity index is 2.37. The minimum atomic E-state index is -0.970. The lowest BCUT2D eigenvalue weighted by Crippen LogP contribution is -2.51. The second-order valence-corrected chi connectivity index (χ2v) is 3.36. The van der Waals surface area contributed by atoms with Gasteiger partial charge in [-0.25, -0.2) is 0 Å². The van der Waals surface area contributed by atoms with Crippen LogP contribution in [0.4, 0.5) is 0 Å². The number of rotatable bonds is 2. The van der Waals surface area contributed by atoms with E-state index in [1.54, 1.807) is 0 Å². The molecule has 0 aromatic rings. The maximum atomic E-state index is 10.6. The molecule has 0 bridgehead atoms. The van der Waals surface area contributed by atoms with Gasteiger partial charge in [-0.15, -0.1) is 0 Å². The van der Waals surface area contributed by atoms with Crippen molar-refractivity contribution in [2.24, 2.45) is 0 Å². The molecule has 1 heterocycles. The van der Waals surface area contributed by atoms with Crippen LogP contribution in [0.25, 0.3) is 0 Å². The molecule has 1 fully saturated rings. The highest BCUT2D eigenvalue weighted by atomic mass is 16.5. The van der Waals surface area contributed by atoms with Crippen molar-refractivity contribution in [3.63, 3.8) is 0 Å². The van der Waals surface area contributed by atoms with Crippen molar-refractivity contribution in [3.8, 4) is 0 Å². The van der Waals surface area contributed by atoms with E-state index in [4.69, 9.17) is 4.74 Å². The average Bonchev–Trinajstić information content (AvgIpc) is 2.28. The van der Waals surface area contributed by atoms with Crippen molar-refractivity contribution in [2.75, 3.05) is 32.8 Å². The van der Waals surface area contributed by atoms with E-state index in [-0.39, 0.29) is 19.1 Å². The number of ether oxygens (including phenoxy) is 1. The molecule has 76 valence electrons. The van der Waals surface area contributed by atoms with Crippen LogP contribution in [-0.4, -0.2) is 49.5 Å². The van der Waals surface area contributed by atoms with E-state index >= 15 is 0 Å². The molecule has 0 aromatic carbocycles. The zero-order chi connectivity index (χ0) is 9.73. The van der Waals surface area contributed by atoms with Gasteiger partial charge in [0.2, 0.25) is 5.91 Å². The number of nitrogens with one attached hydrogen (secondary N) is 2. The zero-order valence-electron chi connectivity index (χ0n) is 7.80. The third-order valence-corrected chi connectivity index (χ3v) is 1.91. The summed E-state index contributed by atoms with van der Waals surface area (Å²) in [6.07, 6.45) is 0. The topological polar surface area (TPSA) is 70.6 Å². The van der Waals surface area contributed by atoms with E-state index in [0.29, 0.717) is 13.2 Å². The molecule has 0 aliphatic carbocycles. The summed E-state index contributed by atoms with van der Waals surface area (Å²) in [5.41, 5.74) is -0.970. The van der Waals surface area contributed by atoms with Crippen molar-refractivity contribution in [1.82, 2.24) is 10.6 Å². The molecule has 1 atom stereocenters. The summed E-state index contributed by atoms with van der Waals surface area (Å²) in [4.78, 5) is 10.6. The Morgan fingerprint density at radius 1 is 1.77 bits per heavy atom. The molecule has 0 saturated carbocycles. The molecule has 0 spiro atoms. The first-order valence-corrected chi connectivity index (χ1v) is 4.38. The molecule has 0 unspecified atom stereocenters. The van der Waals surface area contributed by atoms with Gasteiger partial charge in [-0.1, -0.05) is 0 Å². The first-order chi connectivity index (χ1) is 6.12. The second kappa shape index (κ2) is 4.55. The lowest BCUT2D eigenvalue weighted by molar-refractivity contribution is -0.120. The minimum absolute atomic E-state index is 0.141. The van der Waals surface area contributed by atoms with Crippen LogP contribution >= 0.6 is 0 Å². The molecule has 5 heteroatoms. The number of aliphatic hydroxyl groups is 1. The number of hydrogen-bond acceptors (Lipinski definition) is 4. The molecule has 1 aliphatic heterocycles.